The lowest BCUT2D eigenvalue weighted by molar-refractivity contribution is 0.607. The summed E-state index contributed by atoms with van der Waals surface area (Å²) in [6.07, 6.45) is 7.65. The highest BCUT2D eigenvalue weighted by Crippen LogP contribution is 2.17. The molecule has 1 aliphatic carbocycles. The molecule has 0 atom stereocenters. The standard InChI is InChI=1S/C17H27N3.HI/c1-2-3-13-18-17(20-16-11-7-8-12-16)19-14-15-9-5-4-6-10-15;/h4-6,9-10,16H,2-3,7-8,11-14H2,1H3,(H2,18,19,20);1H. The van der Waals surface area contributed by atoms with Gasteiger partial charge in [-0.2, -0.15) is 0 Å². The number of benzene rings is 1. The lowest BCUT2D eigenvalue weighted by atomic mass is 10.2. The van der Waals surface area contributed by atoms with Crippen LogP contribution in [-0.4, -0.2) is 18.5 Å². The summed E-state index contributed by atoms with van der Waals surface area (Å²) in [4.78, 5) is 4.72. The van der Waals surface area contributed by atoms with Crippen LogP contribution in [0.15, 0.2) is 35.3 Å². The summed E-state index contributed by atoms with van der Waals surface area (Å²) < 4.78 is 0. The zero-order valence-electron chi connectivity index (χ0n) is 13.0. The number of rotatable bonds is 6. The number of aliphatic imine (C=N–C) groups is 1. The molecule has 1 aliphatic rings. The van der Waals surface area contributed by atoms with Crippen LogP contribution < -0.4 is 10.6 Å². The van der Waals surface area contributed by atoms with Crippen LogP contribution >= 0.6 is 24.0 Å². The van der Waals surface area contributed by atoms with E-state index in [1.54, 1.807) is 0 Å². The molecule has 0 aromatic heterocycles. The average Bonchev–Trinajstić information content (AvgIpc) is 2.99. The van der Waals surface area contributed by atoms with E-state index in [4.69, 9.17) is 4.99 Å². The molecule has 0 spiro atoms. The minimum atomic E-state index is 0. The molecule has 0 heterocycles. The van der Waals surface area contributed by atoms with Gasteiger partial charge in [-0.3, -0.25) is 0 Å². The summed E-state index contributed by atoms with van der Waals surface area (Å²) in [5, 5.41) is 7.04. The van der Waals surface area contributed by atoms with Crippen molar-refractivity contribution in [3.63, 3.8) is 0 Å². The Balaban J connectivity index is 0.00000220. The Morgan fingerprint density at radius 2 is 1.90 bits per heavy atom. The number of nitrogens with zero attached hydrogens (tertiary/aromatic N) is 1. The van der Waals surface area contributed by atoms with Crippen molar-refractivity contribution in [3.05, 3.63) is 35.9 Å². The summed E-state index contributed by atoms with van der Waals surface area (Å²) in [6, 6.07) is 11.0. The van der Waals surface area contributed by atoms with Crippen LogP contribution in [0.2, 0.25) is 0 Å². The largest absolute Gasteiger partial charge is 0.356 e. The van der Waals surface area contributed by atoms with Crippen molar-refractivity contribution in [2.24, 2.45) is 4.99 Å². The van der Waals surface area contributed by atoms with E-state index in [0.717, 1.165) is 19.0 Å². The van der Waals surface area contributed by atoms with Crippen molar-refractivity contribution in [3.8, 4) is 0 Å². The second-order valence-corrected chi connectivity index (χ2v) is 5.56. The fourth-order valence-corrected chi connectivity index (χ4v) is 2.55. The van der Waals surface area contributed by atoms with Crippen molar-refractivity contribution in [1.29, 1.82) is 0 Å². The van der Waals surface area contributed by atoms with E-state index in [-0.39, 0.29) is 24.0 Å². The summed E-state index contributed by atoms with van der Waals surface area (Å²) in [6.45, 7) is 3.96. The van der Waals surface area contributed by atoms with Gasteiger partial charge in [0.25, 0.3) is 0 Å². The molecule has 1 fully saturated rings. The third-order valence-electron chi connectivity index (χ3n) is 3.78. The molecule has 1 saturated carbocycles. The van der Waals surface area contributed by atoms with E-state index in [2.05, 4.69) is 41.8 Å². The van der Waals surface area contributed by atoms with Gasteiger partial charge in [0.05, 0.1) is 6.54 Å². The minimum absolute atomic E-state index is 0. The van der Waals surface area contributed by atoms with Crippen LogP contribution in [0.3, 0.4) is 0 Å². The highest BCUT2D eigenvalue weighted by Gasteiger charge is 2.15. The Hall–Kier alpha value is -0.780. The molecule has 21 heavy (non-hydrogen) atoms. The third-order valence-corrected chi connectivity index (χ3v) is 3.78. The van der Waals surface area contributed by atoms with Crippen LogP contribution in [0, 0.1) is 0 Å². The van der Waals surface area contributed by atoms with Gasteiger partial charge in [-0.15, -0.1) is 24.0 Å². The van der Waals surface area contributed by atoms with Gasteiger partial charge in [0, 0.05) is 12.6 Å². The summed E-state index contributed by atoms with van der Waals surface area (Å²) in [7, 11) is 0. The van der Waals surface area contributed by atoms with Crippen LogP contribution in [0.1, 0.15) is 51.0 Å². The lowest BCUT2D eigenvalue weighted by Crippen LogP contribution is -2.42. The second-order valence-electron chi connectivity index (χ2n) is 5.56. The Kier molecular flexibility index (Phi) is 9.46. The first-order valence-corrected chi connectivity index (χ1v) is 7.97. The van der Waals surface area contributed by atoms with Crippen molar-refractivity contribution in [1.82, 2.24) is 10.6 Å². The highest BCUT2D eigenvalue weighted by atomic mass is 127. The molecule has 0 amide bonds. The third kappa shape index (κ3) is 7.16. The van der Waals surface area contributed by atoms with Gasteiger partial charge in [0.15, 0.2) is 5.96 Å². The number of guanidine groups is 1. The van der Waals surface area contributed by atoms with Crippen LogP contribution in [0.25, 0.3) is 0 Å². The Labute approximate surface area is 146 Å². The number of hydrogen-bond donors (Lipinski definition) is 2. The van der Waals surface area contributed by atoms with Gasteiger partial charge >= 0.3 is 0 Å². The molecule has 2 N–H and O–H groups in total. The van der Waals surface area contributed by atoms with E-state index in [1.165, 1.54) is 44.1 Å². The molecule has 0 radical (unpaired) electrons. The maximum absolute atomic E-state index is 4.72. The van der Waals surface area contributed by atoms with E-state index in [1.807, 2.05) is 6.07 Å². The molecule has 4 heteroatoms. The lowest BCUT2D eigenvalue weighted by Gasteiger charge is -2.17. The van der Waals surface area contributed by atoms with Crippen molar-refractivity contribution < 1.29 is 0 Å². The molecule has 2 rings (SSSR count). The number of unbranched alkanes of at least 4 members (excludes halogenated alkanes) is 1. The SMILES string of the molecule is CCCCNC(=NCc1ccccc1)NC1CCCC1.I. The highest BCUT2D eigenvalue weighted by molar-refractivity contribution is 14.0. The maximum Gasteiger partial charge on any atom is 0.191 e. The first-order chi connectivity index (χ1) is 9.88. The fourth-order valence-electron chi connectivity index (χ4n) is 2.55. The molecule has 118 valence electrons. The van der Waals surface area contributed by atoms with Crippen LogP contribution in [0.4, 0.5) is 0 Å². The summed E-state index contributed by atoms with van der Waals surface area (Å²) in [5.74, 6) is 0.981. The molecule has 1 aromatic carbocycles. The predicted molar refractivity (Wildman–Crippen MR) is 101 cm³/mol. The van der Waals surface area contributed by atoms with E-state index >= 15 is 0 Å². The van der Waals surface area contributed by atoms with Crippen molar-refractivity contribution >= 4 is 29.9 Å². The van der Waals surface area contributed by atoms with Gasteiger partial charge in [-0.25, -0.2) is 4.99 Å². The zero-order chi connectivity index (χ0) is 14.0. The molecule has 3 nitrogen and oxygen atoms in total. The van der Waals surface area contributed by atoms with Crippen LogP contribution in [-0.2, 0) is 6.54 Å². The number of halogens is 1. The number of nitrogens with one attached hydrogen (secondary N) is 2. The Morgan fingerprint density at radius 3 is 2.57 bits per heavy atom. The average molecular weight is 401 g/mol. The second kappa shape index (κ2) is 10.9. The molecule has 1 aromatic rings. The smallest absolute Gasteiger partial charge is 0.191 e. The normalized spacial score (nSPS) is 15.6. The molecular formula is C17H28IN3. The van der Waals surface area contributed by atoms with Crippen molar-refractivity contribution in [2.45, 2.75) is 58.0 Å². The van der Waals surface area contributed by atoms with Gasteiger partial charge in [-0.05, 0) is 24.8 Å². The molecule has 0 saturated heterocycles. The zero-order valence-corrected chi connectivity index (χ0v) is 15.3. The molecular weight excluding hydrogens is 373 g/mol. The minimum Gasteiger partial charge on any atom is -0.356 e. The van der Waals surface area contributed by atoms with Gasteiger partial charge in [-0.1, -0.05) is 56.5 Å². The number of hydrogen-bond acceptors (Lipinski definition) is 1. The molecule has 0 bridgehead atoms. The topological polar surface area (TPSA) is 36.4 Å². The fraction of sp³-hybridized carbons (Fsp3) is 0.588. The molecule has 0 aliphatic heterocycles. The van der Waals surface area contributed by atoms with Crippen molar-refractivity contribution in [2.75, 3.05) is 6.54 Å². The summed E-state index contributed by atoms with van der Waals surface area (Å²) in [5.41, 5.74) is 1.26. The van der Waals surface area contributed by atoms with Gasteiger partial charge in [0.2, 0.25) is 0 Å². The monoisotopic (exact) mass is 401 g/mol. The first kappa shape index (κ1) is 18.3. The van der Waals surface area contributed by atoms with Crippen LogP contribution in [0.5, 0.6) is 0 Å². The summed E-state index contributed by atoms with van der Waals surface area (Å²) >= 11 is 0. The van der Waals surface area contributed by atoms with E-state index in [9.17, 15) is 0 Å². The van der Waals surface area contributed by atoms with E-state index in [0.29, 0.717) is 6.04 Å². The van der Waals surface area contributed by atoms with Gasteiger partial charge < -0.3 is 10.6 Å². The quantitative estimate of drug-likeness (QED) is 0.326. The maximum atomic E-state index is 4.72. The predicted octanol–water partition coefficient (Wildman–Crippen LogP) is 4.08. The van der Waals surface area contributed by atoms with E-state index < -0.39 is 0 Å². The van der Waals surface area contributed by atoms with Gasteiger partial charge in [0.1, 0.15) is 0 Å². The Morgan fingerprint density at radius 1 is 1.19 bits per heavy atom. The molecule has 0 unspecified atom stereocenters. The first-order valence-electron chi connectivity index (χ1n) is 7.97. The Bertz CT molecular complexity index is 400.